The molecule has 0 radical (unpaired) electrons. The van der Waals surface area contributed by atoms with E-state index in [0.29, 0.717) is 0 Å². The van der Waals surface area contributed by atoms with Crippen molar-refractivity contribution < 1.29 is 9.84 Å². The van der Waals surface area contributed by atoms with Crippen molar-refractivity contribution in [2.75, 3.05) is 18.6 Å². The second kappa shape index (κ2) is 6.21. The van der Waals surface area contributed by atoms with Crippen molar-refractivity contribution in [1.82, 2.24) is 9.55 Å². The Morgan fingerprint density at radius 1 is 1.67 bits per heavy atom. The Morgan fingerprint density at radius 2 is 2.33 bits per heavy atom. The van der Waals surface area contributed by atoms with Gasteiger partial charge in [0.05, 0.1) is 12.7 Å². The van der Waals surface area contributed by atoms with Crippen LogP contribution in [0.4, 0.5) is 5.82 Å². The summed E-state index contributed by atoms with van der Waals surface area (Å²) in [5.74, 6) is 0.180. The molecule has 0 aliphatic rings. The van der Waals surface area contributed by atoms with E-state index >= 15 is 0 Å². The fourth-order valence-electron chi connectivity index (χ4n) is 1.32. The third-order valence-electron chi connectivity index (χ3n) is 2.78. The molecule has 18 heavy (non-hydrogen) atoms. The highest BCUT2D eigenvalue weighted by Crippen LogP contribution is 2.27. The maximum absolute atomic E-state index is 11.5. The van der Waals surface area contributed by atoms with E-state index in [-0.39, 0.29) is 30.0 Å². The molecule has 102 valence electrons. The Morgan fingerprint density at radius 3 is 2.83 bits per heavy atom. The summed E-state index contributed by atoms with van der Waals surface area (Å²) in [7, 11) is 0. The van der Waals surface area contributed by atoms with Crippen molar-refractivity contribution in [3.8, 4) is 0 Å². The van der Waals surface area contributed by atoms with Crippen LogP contribution in [0.3, 0.4) is 0 Å². The first-order valence-electron chi connectivity index (χ1n) is 5.51. The molecule has 0 aliphatic heterocycles. The largest absolute Gasteiger partial charge is 0.394 e. The second-order valence-electron chi connectivity index (χ2n) is 4.38. The molecular weight excluding hydrogens is 254 g/mol. The van der Waals surface area contributed by atoms with Gasteiger partial charge in [-0.1, -0.05) is 0 Å². The fraction of sp³-hybridized carbons (Fsp3) is 0.636. The highest BCUT2D eigenvalue weighted by Gasteiger charge is 2.29. The lowest BCUT2D eigenvalue weighted by Crippen LogP contribution is -2.39. The molecule has 0 saturated heterocycles. The molecule has 0 amide bonds. The summed E-state index contributed by atoms with van der Waals surface area (Å²) in [6.45, 7) is 3.89. The zero-order valence-corrected chi connectivity index (χ0v) is 11.6. The van der Waals surface area contributed by atoms with E-state index in [1.807, 2.05) is 20.1 Å². The minimum Gasteiger partial charge on any atom is -0.394 e. The third-order valence-corrected chi connectivity index (χ3v) is 4.09. The van der Waals surface area contributed by atoms with Gasteiger partial charge in [-0.05, 0) is 26.2 Å². The molecule has 7 heteroatoms. The van der Waals surface area contributed by atoms with Crippen LogP contribution in [-0.2, 0) is 11.5 Å². The Labute approximate surface area is 110 Å². The SMILES string of the molecule is CSC(C)(C)C(CO)OCn1ccc(N)nc1=O. The smallest absolute Gasteiger partial charge is 0.351 e. The molecule has 1 rings (SSSR count). The van der Waals surface area contributed by atoms with E-state index in [1.165, 1.54) is 16.8 Å². The number of aliphatic hydroxyl groups is 1. The molecule has 1 heterocycles. The molecular formula is C11H19N3O3S. The molecule has 1 unspecified atom stereocenters. The first kappa shape index (κ1) is 15.0. The molecule has 1 atom stereocenters. The van der Waals surface area contributed by atoms with E-state index in [9.17, 15) is 9.90 Å². The number of anilines is 1. The highest BCUT2D eigenvalue weighted by atomic mass is 32.2. The van der Waals surface area contributed by atoms with E-state index in [0.717, 1.165) is 0 Å². The molecule has 1 aromatic heterocycles. The number of hydrogen-bond acceptors (Lipinski definition) is 6. The monoisotopic (exact) mass is 273 g/mol. The molecule has 1 aromatic rings. The van der Waals surface area contributed by atoms with E-state index in [1.54, 1.807) is 11.8 Å². The number of thioether (sulfide) groups is 1. The number of rotatable bonds is 6. The molecule has 0 spiro atoms. The van der Waals surface area contributed by atoms with Gasteiger partial charge in [-0.2, -0.15) is 16.7 Å². The van der Waals surface area contributed by atoms with Gasteiger partial charge in [-0.25, -0.2) is 4.79 Å². The first-order chi connectivity index (χ1) is 8.40. The van der Waals surface area contributed by atoms with Crippen LogP contribution < -0.4 is 11.4 Å². The Hall–Kier alpha value is -1.05. The summed E-state index contributed by atoms with van der Waals surface area (Å²) in [6.07, 6.45) is 3.10. The van der Waals surface area contributed by atoms with Gasteiger partial charge in [0.1, 0.15) is 12.5 Å². The zero-order chi connectivity index (χ0) is 13.8. The van der Waals surface area contributed by atoms with E-state index < -0.39 is 5.69 Å². The fourth-order valence-corrected chi connectivity index (χ4v) is 1.72. The molecule has 0 bridgehead atoms. The van der Waals surface area contributed by atoms with E-state index in [4.69, 9.17) is 10.5 Å². The second-order valence-corrected chi connectivity index (χ2v) is 5.84. The summed E-state index contributed by atoms with van der Waals surface area (Å²) < 4.78 is 6.63. The summed E-state index contributed by atoms with van der Waals surface area (Å²) in [4.78, 5) is 15.1. The van der Waals surface area contributed by atoms with Crippen LogP contribution in [0.25, 0.3) is 0 Å². The zero-order valence-electron chi connectivity index (χ0n) is 10.8. The average molecular weight is 273 g/mol. The van der Waals surface area contributed by atoms with Gasteiger partial charge in [0.25, 0.3) is 0 Å². The molecule has 0 aliphatic carbocycles. The number of aromatic nitrogens is 2. The summed E-state index contributed by atoms with van der Waals surface area (Å²) in [6, 6.07) is 1.53. The maximum atomic E-state index is 11.5. The Bertz CT molecular complexity index is 447. The van der Waals surface area contributed by atoms with Crippen LogP contribution in [0, 0.1) is 0 Å². The predicted molar refractivity (Wildman–Crippen MR) is 72.5 cm³/mol. The van der Waals surface area contributed by atoms with Gasteiger partial charge >= 0.3 is 5.69 Å². The predicted octanol–water partition coefficient (Wildman–Crippen LogP) is 0.302. The topological polar surface area (TPSA) is 90.4 Å². The van der Waals surface area contributed by atoms with Crippen molar-refractivity contribution in [1.29, 1.82) is 0 Å². The van der Waals surface area contributed by atoms with Gasteiger partial charge in [-0.3, -0.25) is 4.57 Å². The number of aliphatic hydroxyl groups excluding tert-OH is 1. The van der Waals surface area contributed by atoms with Crippen molar-refractivity contribution in [2.45, 2.75) is 31.4 Å². The Kier molecular flexibility index (Phi) is 5.18. The minimum absolute atomic E-state index is 0.0430. The molecule has 0 aromatic carbocycles. The lowest BCUT2D eigenvalue weighted by atomic mass is 10.1. The molecule has 6 nitrogen and oxygen atoms in total. The molecule has 3 N–H and O–H groups in total. The number of nitrogen functional groups attached to an aromatic ring is 1. The quantitative estimate of drug-likeness (QED) is 0.775. The van der Waals surface area contributed by atoms with Crippen LogP contribution in [0.5, 0.6) is 0 Å². The number of ether oxygens (including phenoxy) is 1. The standard InChI is InChI=1S/C11H19N3O3S/c1-11(2,18-3)8(6-15)17-7-14-5-4-9(12)13-10(14)16/h4-5,8,15H,6-7H2,1-3H3,(H2,12,13,16). The lowest BCUT2D eigenvalue weighted by molar-refractivity contribution is -0.0398. The highest BCUT2D eigenvalue weighted by molar-refractivity contribution is 8.00. The summed E-state index contributed by atoms with van der Waals surface area (Å²) in [5, 5.41) is 9.32. The van der Waals surface area contributed by atoms with Gasteiger partial charge in [0, 0.05) is 10.9 Å². The lowest BCUT2D eigenvalue weighted by Gasteiger charge is -2.31. The van der Waals surface area contributed by atoms with Crippen molar-refractivity contribution >= 4 is 17.6 Å². The van der Waals surface area contributed by atoms with Crippen molar-refractivity contribution in [3.63, 3.8) is 0 Å². The molecule has 0 saturated carbocycles. The summed E-state index contributed by atoms with van der Waals surface area (Å²) >= 11 is 1.59. The van der Waals surface area contributed by atoms with Crippen molar-refractivity contribution in [2.24, 2.45) is 0 Å². The number of hydrogen-bond donors (Lipinski definition) is 2. The normalized spacial score (nSPS) is 13.6. The summed E-state index contributed by atoms with van der Waals surface area (Å²) in [5.41, 5.74) is 4.93. The van der Waals surface area contributed by atoms with Gasteiger partial charge in [0.2, 0.25) is 0 Å². The number of nitrogens with zero attached hydrogens (tertiary/aromatic N) is 2. The van der Waals surface area contributed by atoms with Crippen molar-refractivity contribution in [3.05, 3.63) is 22.7 Å². The van der Waals surface area contributed by atoms with Crippen LogP contribution in [0.2, 0.25) is 0 Å². The van der Waals surface area contributed by atoms with Gasteiger partial charge < -0.3 is 15.6 Å². The first-order valence-corrected chi connectivity index (χ1v) is 6.73. The van der Waals surface area contributed by atoms with Gasteiger partial charge in [0.15, 0.2) is 0 Å². The van der Waals surface area contributed by atoms with Crippen LogP contribution >= 0.6 is 11.8 Å². The van der Waals surface area contributed by atoms with Crippen LogP contribution in [0.15, 0.2) is 17.1 Å². The van der Waals surface area contributed by atoms with Crippen LogP contribution in [-0.4, -0.2) is 38.4 Å². The average Bonchev–Trinajstić information content (AvgIpc) is 2.32. The number of nitrogens with two attached hydrogens (primary N) is 1. The van der Waals surface area contributed by atoms with Gasteiger partial charge in [-0.15, -0.1) is 0 Å². The van der Waals surface area contributed by atoms with E-state index in [2.05, 4.69) is 4.98 Å². The molecule has 0 fully saturated rings. The van der Waals surface area contributed by atoms with Crippen LogP contribution in [0.1, 0.15) is 13.8 Å². The third kappa shape index (κ3) is 3.72. The Balaban J connectivity index is 2.71. The maximum Gasteiger partial charge on any atom is 0.351 e. The minimum atomic E-state index is -0.464.